The molecular weight excluding hydrogens is 345 g/mol. The summed E-state index contributed by atoms with van der Waals surface area (Å²) in [6.07, 6.45) is 0. The van der Waals surface area contributed by atoms with Gasteiger partial charge in [0, 0.05) is 0 Å². The summed E-state index contributed by atoms with van der Waals surface area (Å²) in [4.78, 5) is 0. The summed E-state index contributed by atoms with van der Waals surface area (Å²) in [5.41, 5.74) is 1.07. The molecular formula is C12H12F6FeP-. The molecule has 2 aromatic rings. The van der Waals surface area contributed by atoms with Crippen molar-refractivity contribution in [2.75, 3.05) is 0 Å². The van der Waals surface area contributed by atoms with Gasteiger partial charge >= 0.3 is 50.1 Å². The van der Waals surface area contributed by atoms with Crippen LogP contribution in [-0.2, 0) is 17.1 Å². The summed E-state index contributed by atoms with van der Waals surface area (Å²) in [5.74, 6) is 0. The van der Waals surface area contributed by atoms with Gasteiger partial charge in [0.05, 0.1) is 0 Å². The average molecular weight is 357 g/mol. The SMILES string of the molecule is F[P-](F)(F)(F)(F)F.[CH2-]c1ccccc1.[Fe+2].c1cc[cH-]c1. The van der Waals surface area contributed by atoms with Gasteiger partial charge < -0.3 is 0 Å². The summed E-state index contributed by atoms with van der Waals surface area (Å²) in [6, 6.07) is 19.9. The Morgan fingerprint density at radius 2 is 1.10 bits per heavy atom. The van der Waals surface area contributed by atoms with Gasteiger partial charge in [-0.1, -0.05) is 6.07 Å². The summed E-state index contributed by atoms with van der Waals surface area (Å²) in [7, 11) is -10.7. The Morgan fingerprint density at radius 1 is 0.750 bits per heavy atom. The fourth-order valence-electron chi connectivity index (χ4n) is 0.799. The van der Waals surface area contributed by atoms with Crippen LogP contribution in [0.25, 0.3) is 0 Å². The second-order valence-corrected chi connectivity index (χ2v) is 5.32. The number of hydrogen-bond donors (Lipinski definition) is 0. The quantitative estimate of drug-likeness (QED) is 0.214. The number of halogens is 6. The Morgan fingerprint density at radius 3 is 1.25 bits per heavy atom. The van der Waals surface area contributed by atoms with E-state index in [0.29, 0.717) is 0 Å². The maximum Gasteiger partial charge on any atom is 2.00 e. The second-order valence-electron chi connectivity index (χ2n) is 3.41. The van der Waals surface area contributed by atoms with E-state index >= 15 is 0 Å². The van der Waals surface area contributed by atoms with Crippen LogP contribution in [0, 0.1) is 6.92 Å². The molecule has 0 amide bonds. The first-order valence-corrected chi connectivity index (χ1v) is 6.97. The topological polar surface area (TPSA) is 0 Å². The van der Waals surface area contributed by atoms with Crippen molar-refractivity contribution in [2.24, 2.45) is 0 Å². The summed E-state index contributed by atoms with van der Waals surface area (Å²) in [6.45, 7) is 3.72. The Kier molecular flexibility index (Phi) is 7.57. The van der Waals surface area contributed by atoms with Gasteiger partial charge in [0.15, 0.2) is 0 Å². The number of benzene rings is 1. The van der Waals surface area contributed by atoms with Gasteiger partial charge in [-0.05, 0) is 0 Å². The van der Waals surface area contributed by atoms with Crippen LogP contribution in [0.15, 0.2) is 60.7 Å². The molecule has 20 heavy (non-hydrogen) atoms. The third-order valence-electron chi connectivity index (χ3n) is 1.40. The molecule has 116 valence electrons. The summed E-state index contributed by atoms with van der Waals surface area (Å²) >= 11 is 0. The number of rotatable bonds is 0. The van der Waals surface area contributed by atoms with Crippen molar-refractivity contribution in [3.05, 3.63) is 73.2 Å². The Labute approximate surface area is 123 Å². The molecule has 0 atom stereocenters. The van der Waals surface area contributed by atoms with Gasteiger partial charge in [-0.25, -0.2) is 12.1 Å². The molecule has 0 nitrogen and oxygen atoms in total. The molecule has 0 unspecified atom stereocenters. The Bertz CT molecular complexity index is 420. The van der Waals surface area contributed by atoms with Gasteiger partial charge in [-0.3, -0.25) is 0 Å². The van der Waals surface area contributed by atoms with Crippen LogP contribution in [0.3, 0.4) is 0 Å². The molecule has 0 aliphatic heterocycles. The van der Waals surface area contributed by atoms with Crippen LogP contribution in [0.4, 0.5) is 25.2 Å². The fourth-order valence-corrected chi connectivity index (χ4v) is 0.799. The smallest absolute Gasteiger partial charge is 0.214 e. The monoisotopic (exact) mass is 357 g/mol. The van der Waals surface area contributed by atoms with E-state index in [1.165, 1.54) is 0 Å². The van der Waals surface area contributed by atoms with E-state index < -0.39 is 7.81 Å². The Balaban J connectivity index is 0. The minimum absolute atomic E-state index is 0. The molecule has 0 aliphatic carbocycles. The van der Waals surface area contributed by atoms with Gasteiger partial charge in [0.2, 0.25) is 0 Å². The van der Waals surface area contributed by atoms with Crippen molar-refractivity contribution in [1.29, 1.82) is 0 Å². The van der Waals surface area contributed by atoms with Crippen molar-refractivity contribution in [2.45, 2.75) is 0 Å². The van der Waals surface area contributed by atoms with Crippen molar-refractivity contribution >= 4 is 7.81 Å². The van der Waals surface area contributed by atoms with Gasteiger partial charge in [0.1, 0.15) is 0 Å². The van der Waals surface area contributed by atoms with Crippen molar-refractivity contribution in [3.8, 4) is 0 Å². The van der Waals surface area contributed by atoms with Crippen LogP contribution in [-0.4, -0.2) is 0 Å². The van der Waals surface area contributed by atoms with Gasteiger partial charge in [-0.2, -0.15) is 42.8 Å². The molecule has 0 fully saturated rings. The number of hydrogen-bond acceptors (Lipinski definition) is 0. The van der Waals surface area contributed by atoms with Crippen molar-refractivity contribution in [3.63, 3.8) is 0 Å². The standard InChI is InChI=1S/C7H7.C5H5.F6P.Fe/c1-7-5-3-2-4-6-7;1-2-4-5-3-1;1-7(2,3,4,5)6;/h2-6H,1H2;1-5H;;/q3*-1;+2. The molecule has 0 heterocycles. The summed E-state index contributed by atoms with van der Waals surface area (Å²) < 4.78 is 59.2. The fraction of sp³-hybridized carbons (Fsp3) is 0. The first kappa shape index (κ1) is 21.3. The van der Waals surface area contributed by atoms with E-state index in [1.54, 1.807) is 0 Å². The molecule has 2 rings (SSSR count). The zero-order chi connectivity index (χ0) is 15.1. The first-order valence-electron chi connectivity index (χ1n) is 4.95. The van der Waals surface area contributed by atoms with Crippen LogP contribution >= 0.6 is 7.81 Å². The van der Waals surface area contributed by atoms with Crippen LogP contribution in [0.1, 0.15) is 5.56 Å². The van der Waals surface area contributed by atoms with E-state index in [4.69, 9.17) is 0 Å². The minimum Gasteiger partial charge on any atom is -0.214 e. The van der Waals surface area contributed by atoms with Gasteiger partial charge in [-0.15, -0.1) is 12.1 Å². The molecule has 0 aliphatic rings. The van der Waals surface area contributed by atoms with Gasteiger partial charge in [0.25, 0.3) is 0 Å². The normalized spacial score (nSPS) is 13.1. The molecule has 0 aromatic heterocycles. The van der Waals surface area contributed by atoms with E-state index in [-0.39, 0.29) is 17.1 Å². The van der Waals surface area contributed by atoms with E-state index in [1.807, 2.05) is 60.7 Å². The molecule has 0 saturated carbocycles. The van der Waals surface area contributed by atoms with Crippen molar-refractivity contribution < 1.29 is 42.3 Å². The third kappa shape index (κ3) is 30.2. The van der Waals surface area contributed by atoms with Crippen LogP contribution in [0.2, 0.25) is 0 Å². The zero-order valence-corrected chi connectivity index (χ0v) is 12.0. The predicted octanol–water partition coefficient (Wildman–Crippen LogP) is 6.65. The molecule has 0 radical (unpaired) electrons. The zero-order valence-electron chi connectivity index (χ0n) is 10.0. The molecule has 2 aromatic carbocycles. The second kappa shape index (κ2) is 7.11. The molecule has 0 saturated heterocycles. The van der Waals surface area contributed by atoms with Crippen LogP contribution < -0.4 is 0 Å². The molecule has 0 bridgehead atoms. The predicted molar refractivity (Wildman–Crippen MR) is 66.5 cm³/mol. The van der Waals surface area contributed by atoms with Crippen LogP contribution in [0.5, 0.6) is 0 Å². The largest absolute Gasteiger partial charge is 2.00 e. The first-order chi connectivity index (χ1) is 8.34. The van der Waals surface area contributed by atoms with E-state index in [9.17, 15) is 25.2 Å². The molecule has 0 spiro atoms. The van der Waals surface area contributed by atoms with E-state index in [0.717, 1.165) is 5.56 Å². The maximum absolute atomic E-state index is 10.7. The molecule has 8 heteroatoms. The van der Waals surface area contributed by atoms with E-state index in [2.05, 4.69) is 6.92 Å². The maximum atomic E-state index is 9.87. The average Bonchev–Trinajstić information content (AvgIpc) is 2.71. The van der Waals surface area contributed by atoms with Crippen molar-refractivity contribution in [1.82, 2.24) is 0 Å². The Hall–Kier alpha value is -1.03. The summed E-state index contributed by atoms with van der Waals surface area (Å²) in [5, 5.41) is 0. The third-order valence-corrected chi connectivity index (χ3v) is 1.40. The molecule has 0 N–H and O–H groups in total. The minimum atomic E-state index is -10.7.